The first-order valence-corrected chi connectivity index (χ1v) is 5.94. The Labute approximate surface area is 106 Å². The predicted octanol–water partition coefficient (Wildman–Crippen LogP) is 0.909. The molecule has 0 N–H and O–H groups in total. The highest BCUT2D eigenvalue weighted by Crippen LogP contribution is 2.24. The van der Waals surface area contributed by atoms with Crippen molar-refractivity contribution in [1.29, 1.82) is 0 Å². The number of carbonyl (C=O) groups excluding carboxylic acids is 1. The van der Waals surface area contributed by atoms with Gasteiger partial charge in [-0.25, -0.2) is 0 Å². The molecule has 0 saturated carbocycles. The van der Waals surface area contributed by atoms with Crippen molar-refractivity contribution in [2.75, 3.05) is 32.2 Å². The number of methoxy groups -OCH3 is 2. The molecule has 6 nitrogen and oxygen atoms in total. The molecule has 1 saturated heterocycles. The second-order valence-corrected chi connectivity index (χ2v) is 4.24. The Bertz CT molecular complexity index is 403. The van der Waals surface area contributed by atoms with Crippen LogP contribution in [0.4, 0.5) is 5.95 Å². The van der Waals surface area contributed by atoms with Gasteiger partial charge in [-0.15, -0.1) is 0 Å². The molecule has 0 radical (unpaired) electrons. The van der Waals surface area contributed by atoms with Gasteiger partial charge in [0.05, 0.1) is 20.3 Å². The van der Waals surface area contributed by atoms with E-state index in [1.54, 1.807) is 20.3 Å². The smallest absolute Gasteiger partial charge is 0.231 e. The zero-order valence-electron chi connectivity index (χ0n) is 10.6. The SMILES string of the molecule is COc1cc(OC)nc(N2CCCC(C=O)C2)n1. The zero-order chi connectivity index (χ0) is 13.0. The summed E-state index contributed by atoms with van der Waals surface area (Å²) in [6.07, 6.45) is 2.90. The zero-order valence-corrected chi connectivity index (χ0v) is 10.6. The third kappa shape index (κ3) is 2.69. The lowest BCUT2D eigenvalue weighted by Gasteiger charge is -2.30. The largest absolute Gasteiger partial charge is 0.481 e. The van der Waals surface area contributed by atoms with Gasteiger partial charge in [-0.1, -0.05) is 0 Å². The summed E-state index contributed by atoms with van der Waals surface area (Å²) in [5, 5.41) is 0. The van der Waals surface area contributed by atoms with E-state index in [0.717, 1.165) is 25.7 Å². The third-order valence-corrected chi connectivity index (χ3v) is 3.02. The number of anilines is 1. The van der Waals surface area contributed by atoms with Crippen molar-refractivity contribution in [2.24, 2.45) is 5.92 Å². The van der Waals surface area contributed by atoms with Crippen LogP contribution in [-0.2, 0) is 4.79 Å². The van der Waals surface area contributed by atoms with Crippen LogP contribution >= 0.6 is 0 Å². The lowest BCUT2D eigenvalue weighted by atomic mass is 10.0. The van der Waals surface area contributed by atoms with Crippen LogP contribution in [0.25, 0.3) is 0 Å². The van der Waals surface area contributed by atoms with E-state index in [4.69, 9.17) is 9.47 Å². The topological polar surface area (TPSA) is 64.6 Å². The van der Waals surface area contributed by atoms with Crippen LogP contribution in [0.15, 0.2) is 6.07 Å². The van der Waals surface area contributed by atoms with E-state index in [9.17, 15) is 4.79 Å². The third-order valence-electron chi connectivity index (χ3n) is 3.02. The number of aldehydes is 1. The molecule has 0 aromatic carbocycles. The normalized spacial score (nSPS) is 19.4. The summed E-state index contributed by atoms with van der Waals surface area (Å²) in [6.45, 7) is 1.50. The lowest BCUT2D eigenvalue weighted by Crippen LogP contribution is -2.37. The van der Waals surface area contributed by atoms with Gasteiger partial charge in [0.25, 0.3) is 0 Å². The summed E-state index contributed by atoms with van der Waals surface area (Å²) in [7, 11) is 3.10. The number of nitrogens with zero attached hydrogens (tertiary/aromatic N) is 3. The van der Waals surface area contributed by atoms with Crippen LogP contribution in [0.2, 0.25) is 0 Å². The van der Waals surface area contributed by atoms with Crippen LogP contribution in [0, 0.1) is 5.92 Å². The summed E-state index contributed by atoms with van der Waals surface area (Å²) in [6, 6.07) is 1.63. The van der Waals surface area contributed by atoms with Crippen molar-refractivity contribution in [3.63, 3.8) is 0 Å². The van der Waals surface area contributed by atoms with Crippen molar-refractivity contribution in [3.05, 3.63) is 6.07 Å². The van der Waals surface area contributed by atoms with Crippen molar-refractivity contribution < 1.29 is 14.3 Å². The molecule has 0 amide bonds. The van der Waals surface area contributed by atoms with E-state index in [0.29, 0.717) is 24.3 Å². The molecule has 1 aromatic heterocycles. The number of ether oxygens (including phenoxy) is 2. The van der Waals surface area contributed by atoms with Gasteiger partial charge in [0.15, 0.2) is 0 Å². The first kappa shape index (κ1) is 12.6. The molecule has 1 aliphatic heterocycles. The van der Waals surface area contributed by atoms with Gasteiger partial charge < -0.3 is 19.2 Å². The molecular weight excluding hydrogens is 234 g/mol. The fraction of sp³-hybridized carbons (Fsp3) is 0.583. The number of hydrogen-bond acceptors (Lipinski definition) is 6. The average molecular weight is 251 g/mol. The first-order valence-electron chi connectivity index (χ1n) is 5.94. The number of hydrogen-bond donors (Lipinski definition) is 0. The molecular formula is C12H17N3O3. The van der Waals surface area contributed by atoms with E-state index in [1.807, 2.05) is 4.90 Å². The van der Waals surface area contributed by atoms with Crippen molar-refractivity contribution in [2.45, 2.75) is 12.8 Å². The molecule has 1 aromatic rings. The summed E-state index contributed by atoms with van der Waals surface area (Å²) in [4.78, 5) is 21.4. The predicted molar refractivity (Wildman–Crippen MR) is 66.1 cm³/mol. The van der Waals surface area contributed by atoms with E-state index in [2.05, 4.69) is 9.97 Å². The minimum atomic E-state index is 0.0551. The lowest BCUT2D eigenvalue weighted by molar-refractivity contribution is -0.111. The fourth-order valence-electron chi connectivity index (χ4n) is 2.05. The maximum atomic E-state index is 10.9. The molecule has 6 heteroatoms. The van der Waals surface area contributed by atoms with Gasteiger partial charge in [0.2, 0.25) is 17.7 Å². The van der Waals surface area contributed by atoms with E-state index in [1.165, 1.54) is 0 Å². The Morgan fingerprint density at radius 2 is 2.00 bits per heavy atom. The first-order chi connectivity index (χ1) is 8.76. The summed E-state index contributed by atoms with van der Waals surface area (Å²) in [5.41, 5.74) is 0. The standard InChI is InChI=1S/C12H17N3O3/c1-17-10-6-11(18-2)14-12(13-10)15-5-3-4-9(7-15)8-16/h6,8-9H,3-5,7H2,1-2H3. The quantitative estimate of drug-likeness (QED) is 0.741. The van der Waals surface area contributed by atoms with E-state index in [-0.39, 0.29) is 5.92 Å². The van der Waals surface area contributed by atoms with Crippen LogP contribution in [-0.4, -0.2) is 43.6 Å². The Morgan fingerprint density at radius 1 is 1.33 bits per heavy atom. The maximum Gasteiger partial charge on any atom is 0.231 e. The van der Waals surface area contributed by atoms with Crippen LogP contribution in [0.3, 0.4) is 0 Å². The summed E-state index contributed by atoms with van der Waals surface area (Å²) in [5.74, 6) is 1.53. The molecule has 1 fully saturated rings. The Balaban J connectivity index is 2.23. The van der Waals surface area contributed by atoms with Crippen molar-refractivity contribution in [1.82, 2.24) is 9.97 Å². The van der Waals surface area contributed by atoms with E-state index >= 15 is 0 Å². The molecule has 1 unspecified atom stereocenters. The van der Waals surface area contributed by atoms with Crippen LogP contribution in [0.1, 0.15) is 12.8 Å². The van der Waals surface area contributed by atoms with Gasteiger partial charge in [-0.2, -0.15) is 9.97 Å². The van der Waals surface area contributed by atoms with Crippen LogP contribution in [0.5, 0.6) is 11.8 Å². The highest BCUT2D eigenvalue weighted by molar-refractivity contribution is 5.55. The van der Waals surface area contributed by atoms with E-state index < -0.39 is 0 Å². The van der Waals surface area contributed by atoms with Gasteiger partial charge in [0.1, 0.15) is 6.29 Å². The molecule has 1 aliphatic rings. The molecule has 18 heavy (non-hydrogen) atoms. The second-order valence-electron chi connectivity index (χ2n) is 4.24. The van der Waals surface area contributed by atoms with Crippen molar-refractivity contribution >= 4 is 12.2 Å². The number of aromatic nitrogens is 2. The Kier molecular flexibility index (Phi) is 3.96. The van der Waals surface area contributed by atoms with Gasteiger partial charge in [-0.3, -0.25) is 0 Å². The Hall–Kier alpha value is -1.85. The summed E-state index contributed by atoms with van der Waals surface area (Å²) >= 11 is 0. The summed E-state index contributed by atoms with van der Waals surface area (Å²) < 4.78 is 10.2. The monoisotopic (exact) mass is 251 g/mol. The molecule has 0 aliphatic carbocycles. The minimum absolute atomic E-state index is 0.0551. The molecule has 2 rings (SSSR count). The Morgan fingerprint density at radius 3 is 2.56 bits per heavy atom. The van der Waals surface area contributed by atoms with Crippen molar-refractivity contribution in [3.8, 4) is 11.8 Å². The van der Waals surface area contributed by atoms with Gasteiger partial charge in [0, 0.05) is 19.0 Å². The maximum absolute atomic E-state index is 10.9. The highest BCUT2D eigenvalue weighted by Gasteiger charge is 2.22. The highest BCUT2D eigenvalue weighted by atomic mass is 16.5. The number of carbonyl (C=O) groups is 1. The molecule has 1 atom stereocenters. The fourth-order valence-corrected chi connectivity index (χ4v) is 2.05. The average Bonchev–Trinajstić information content (AvgIpc) is 2.46. The van der Waals surface area contributed by atoms with Crippen LogP contribution < -0.4 is 14.4 Å². The number of piperidine rings is 1. The number of rotatable bonds is 4. The van der Waals surface area contributed by atoms with Gasteiger partial charge >= 0.3 is 0 Å². The molecule has 0 bridgehead atoms. The molecule has 2 heterocycles. The molecule has 98 valence electrons. The second kappa shape index (κ2) is 5.66. The minimum Gasteiger partial charge on any atom is -0.481 e. The van der Waals surface area contributed by atoms with Gasteiger partial charge in [-0.05, 0) is 12.8 Å². The molecule has 0 spiro atoms.